The second-order valence-electron chi connectivity index (χ2n) is 9.06. The Morgan fingerprint density at radius 3 is 2.57 bits per heavy atom. The van der Waals surface area contributed by atoms with Crippen molar-refractivity contribution in [3.8, 4) is 22.8 Å². The Kier molecular flexibility index (Phi) is 5.21. The molecule has 0 atom stereocenters. The normalized spacial score (nSPS) is 14.5. The average molecular weight is 475 g/mol. The number of carbonyl (C=O) groups is 1. The van der Waals surface area contributed by atoms with E-state index >= 15 is 0 Å². The molecule has 0 spiro atoms. The van der Waals surface area contributed by atoms with Crippen LogP contribution in [0.4, 0.5) is 0 Å². The maximum atomic E-state index is 13.7. The number of hydrogen-bond donors (Lipinski definition) is 1. The fourth-order valence-corrected chi connectivity index (χ4v) is 5.10. The summed E-state index contributed by atoms with van der Waals surface area (Å²) in [5.41, 5.74) is 10.5. The van der Waals surface area contributed by atoms with E-state index in [4.69, 9.17) is 25.0 Å². The third-order valence-electron chi connectivity index (χ3n) is 6.73. The number of nitrogens with two attached hydrogens (primary N) is 1. The molecule has 0 unspecified atom stereocenters. The van der Waals surface area contributed by atoms with Crippen LogP contribution in [0.2, 0.25) is 0 Å². The average Bonchev–Trinajstić information content (AvgIpc) is 3.45. The van der Waals surface area contributed by atoms with Crippen LogP contribution in [-0.2, 0) is 24.2 Å². The highest BCUT2D eigenvalue weighted by Gasteiger charge is 2.24. The SMILES string of the molecule is CC(=O)On1c(=O)c(-c2cn(CCCN)c3cc4c(cc23)OCO4)nc2cc3c(cc21)CCCC3. The second kappa shape index (κ2) is 8.42. The van der Waals surface area contributed by atoms with E-state index in [1.54, 1.807) is 0 Å². The predicted molar refractivity (Wildman–Crippen MR) is 131 cm³/mol. The number of hydrogen-bond acceptors (Lipinski definition) is 7. The molecule has 180 valence electrons. The molecule has 1 aliphatic carbocycles. The van der Waals surface area contributed by atoms with Crippen molar-refractivity contribution < 1.29 is 19.1 Å². The van der Waals surface area contributed by atoms with Gasteiger partial charge in [-0.2, -0.15) is 0 Å². The maximum Gasteiger partial charge on any atom is 0.330 e. The van der Waals surface area contributed by atoms with Crippen LogP contribution >= 0.6 is 0 Å². The molecule has 0 amide bonds. The van der Waals surface area contributed by atoms with Gasteiger partial charge < -0.3 is 24.6 Å². The largest absolute Gasteiger partial charge is 0.454 e. The molecule has 9 nitrogen and oxygen atoms in total. The quantitative estimate of drug-likeness (QED) is 0.473. The van der Waals surface area contributed by atoms with Crippen molar-refractivity contribution in [1.29, 1.82) is 0 Å². The fourth-order valence-electron chi connectivity index (χ4n) is 5.10. The van der Waals surface area contributed by atoms with Gasteiger partial charge in [-0.15, -0.1) is 4.73 Å². The van der Waals surface area contributed by atoms with Gasteiger partial charge in [-0.3, -0.25) is 4.79 Å². The van der Waals surface area contributed by atoms with Crippen LogP contribution in [0.5, 0.6) is 11.5 Å². The molecule has 6 rings (SSSR count). The molecule has 2 aliphatic rings. The summed E-state index contributed by atoms with van der Waals surface area (Å²) in [6.07, 6.45) is 6.80. The zero-order chi connectivity index (χ0) is 24.1. The molecular formula is C26H26N4O5. The summed E-state index contributed by atoms with van der Waals surface area (Å²) in [5.74, 6) is 0.703. The van der Waals surface area contributed by atoms with Crippen molar-refractivity contribution in [1.82, 2.24) is 14.3 Å². The molecular weight excluding hydrogens is 448 g/mol. The van der Waals surface area contributed by atoms with Crippen molar-refractivity contribution in [2.24, 2.45) is 5.73 Å². The molecule has 35 heavy (non-hydrogen) atoms. The molecule has 3 heterocycles. The number of benzene rings is 2. The molecule has 0 saturated carbocycles. The lowest BCUT2D eigenvalue weighted by molar-refractivity contribution is -0.141. The van der Waals surface area contributed by atoms with Crippen molar-refractivity contribution in [3.63, 3.8) is 0 Å². The fraction of sp³-hybridized carbons (Fsp3) is 0.346. The van der Waals surface area contributed by atoms with Crippen molar-refractivity contribution in [2.45, 2.75) is 45.6 Å². The van der Waals surface area contributed by atoms with E-state index in [1.807, 2.05) is 35.0 Å². The van der Waals surface area contributed by atoms with Gasteiger partial charge in [-0.05, 0) is 68.0 Å². The van der Waals surface area contributed by atoms with Gasteiger partial charge in [0.25, 0.3) is 0 Å². The summed E-state index contributed by atoms with van der Waals surface area (Å²) in [6, 6.07) is 7.75. The lowest BCUT2D eigenvalue weighted by Crippen LogP contribution is -2.32. The van der Waals surface area contributed by atoms with E-state index in [0.717, 1.165) is 47.7 Å². The van der Waals surface area contributed by atoms with E-state index in [2.05, 4.69) is 0 Å². The maximum absolute atomic E-state index is 13.7. The van der Waals surface area contributed by atoms with E-state index in [9.17, 15) is 9.59 Å². The third-order valence-corrected chi connectivity index (χ3v) is 6.73. The smallest absolute Gasteiger partial charge is 0.330 e. The minimum atomic E-state index is -0.572. The first-order chi connectivity index (χ1) is 17.0. The minimum absolute atomic E-state index is 0.151. The van der Waals surface area contributed by atoms with Gasteiger partial charge in [0.2, 0.25) is 6.79 Å². The van der Waals surface area contributed by atoms with E-state index in [0.29, 0.717) is 41.2 Å². The van der Waals surface area contributed by atoms with Gasteiger partial charge in [0, 0.05) is 36.7 Å². The number of rotatable bonds is 5. The number of carbonyl (C=O) groups excluding carboxylic acids is 1. The Labute approximate surface area is 201 Å². The van der Waals surface area contributed by atoms with Crippen molar-refractivity contribution in [3.05, 3.63) is 51.9 Å². The Balaban J connectivity index is 1.63. The Morgan fingerprint density at radius 2 is 1.83 bits per heavy atom. The van der Waals surface area contributed by atoms with Crippen LogP contribution in [0.25, 0.3) is 33.2 Å². The lowest BCUT2D eigenvalue weighted by Gasteiger charge is -2.18. The van der Waals surface area contributed by atoms with Gasteiger partial charge in [-0.1, -0.05) is 0 Å². The minimum Gasteiger partial charge on any atom is -0.454 e. The van der Waals surface area contributed by atoms with Gasteiger partial charge in [0.15, 0.2) is 11.5 Å². The highest BCUT2D eigenvalue weighted by atomic mass is 16.7. The predicted octanol–water partition coefficient (Wildman–Crippen LogP) is 2.95. The zero-order valence-corrected chi connectivity index (χ0v) is 19.5. The standard InChI is InChI=1S/C26H26N4O5/c1-15(31)35-30-22-10-17-6-3-2-5-16(17)9-20(22)28-25(26(30)32)19-13-29(8-4-7-27)21-12-24-23(11-18(19)21)33-14-34-24/h9-13H,2-8,14,27H2,1H3. The summed E-state index contributed by atoms with van der Waals surface area (Å²) in [7, 11) is 0. The number of aromatic nitrogens is 3. The van der Waals surface area contributed by atoms with Crippen LogP contribution < -0.4 is 25.6 Å². The highest BCUT2D eigenvalue weighted by molar-refractivity contribution is 5.98. The van der Waals surface area contributed by atoms with Crippen LogP contribution in [0.1, 0.15) is 37.3 Å². The van der Waals surface area contributed by atoms with Crippen molar-refractivity contribution in [2.75, 3.05) is 13.3 Å². The van der Waals surface area contributed by atoms with E-state index in [1.165, 1.54) is 18.1 Å². The first-order valence-electron chi connectivity index (χ1n) is 11.9. The molecule has 2 aromatic carbocycles. The van der Waals surface area contributed by atoms with Crippen LogP contribution in [0.15, 0.2) is 35.3 Å². The molecule has 2 aromatic heterocycles. The van der Waals surface area contributed by atoms with Gasteiger partial charge in [-0.25, -0.2) is 9.78 Å². The molecule has 1 aliphatic heterocycles. The number of ether oxygens (including phenoxy) is 2. The molecule has 9 heteroatoms. The summed E-state index contributed by atoms with van der Waals surface area (Å²) >= 11 is 0. The summed E-state index contributed by atoms with van der Waals surface area (Å²) in [6.45, 7) is 2.65. The highest BCUT2D eigenvalue weighted by Crippen LogP contribution is 2.40. The number of fused-ring (bicyclic) bond motifs is 4. The van der Waals surface area contributed by atoms with Gasteiger partial charge in [0.1, 0.15) is 11.2 Å². The van der Waals surface area contributed by atoms with Crippen LogP contribution in [-0.4, -0.2) is 33.6 Å². The van der Waals surface area contributed by atoms with E-state index in [-0.39, 0.29) is 12.5 Å². The Morgan fingerprint density at radius 1 is 1.09 bits per heavy atom. The summed E-state index contributed by atoms with van der Waals surface area (Å²) in [4.78, 5) is 35.9. The van der Waals surface area contributed by atoms with Crippen molar-refractivity contribution >= 4 is 27.9 Å². The topological polar surface area (TPSA) is 111 Å². The first kappa shape index (κ1) is 21.7. The van der Waals surface area contributed by atoms with Crippen LogP contribution in [0, 0.1) is 0 Å². The lowest BCUT2D eigenvalue weighted by atomic mass is 9.91. The molecule has 0 fully saturated rings. The molecule has 4 aromatic rings. The molecule has 0 radical (unpaired) electrons. The first-order valence-corrected chi connectivity index (χ1v) is 11.9. The Hall–Kier alpha value is -3.85. The zero-order valence-electron chi connectivity index (χ0n) is 19.5. The Bertz CT molecular complexity index is 1550. The summed E-state index contributed by atoms with van der Waals surface area (Å²) < 4.78 is 14.3. The molecule has 2 N–H and O–H groups in total. The monoisotopic (exact) mass is 474 g/mol. The van der Waals surface area contributed by atoms with Gasteiger partial charge >= 0.3 is 11.5 Å². The summed E-state index contributed by atoms with van der Waals surface area (Å²) in [5, 5.41) is 0.808. The van der Waals surface area contributed by atoms with Crippen LogP contribution in [0.3, 0.4) is 0 Å². The van der Waals surface area contributed by atoms with E-state index < -0.39 is 11.5 Å². The third kappa shape index (κ3) is 3.63. The number of nitrogens with zero attached hydrogens (tertiary/aromatic N) is 3. The number of aryl methyl sites for hydroxylation is 3. The molecule has 0 bridgehead atoms. The second-order valence-corrected chi connectivity index (χ2v) is 9.06. The molecule has 0 saturated heterocycles. The van der Waals surface area contributed by atoms with Gasteiger partial charge in [0.05, 0.1) is 11.0 Å².